The van der Waals surface area contributed by atoms with Crippen molar-refractivity contribution in [1.82, 2.24) is 14.5 Å². The molecule has 2 heterocycles. The van der Waals surface area contributed by atoms with Gasteiger partial charge in [0.05, 0.1) is 22.5 Å². The molecule has 72 valence electrons. The lowest BCUT2D eigenvalue weighted by molar-refractivity contribution is 0.642. The van der Waals surface area contributed by atoms with Crippen LogP contribution in [-0.2, 0) is 6.54 Å². The second kappa shape index (κ2) is 3.05. The zero-order valence-electron chi connectivity index (χ0n) is 7.65. The summed E-state index contributed by atoms with van der Waals surface area (Å²) in [5.74, 6) is 0.867. The van der Waals surface area contributed by atoms with Crippen molar-refractivity contribution < 1.29 is 0 Å². The molecule has 1 aliphatic rings. The average Bonchev–Trinajstić information content (AvgIpc) is 2.88. The van der Waals surface area contributed by atoms with Crippen molar-refractivity contribution in [2.45, 2.75) is 19.4 Å². The van der Waals surface area contributed by atoms with E-state index < -0.39 is 0 Å². The first kappa shape index (κ1) is 8.41. The molecule has 0 aromatic carbocycles. The SMILES string of the molecule is Brc1cncc2c1ncn2CC1CC1. The van der Waals surface area contributed by atoms with E-state index in [1.165, 1.54) is 12.8 Å². The molecule has 2 aromatic heterocycles. The second-order valence-corrected chi connectivity index (χ2v) is 4.68. The van der Waals surface area contributed by atoms with Crippen molar-refractivity contribution in [1.29, 1.82) is 0 Å². The molecule has 0 N–H and O–H groups in total. The largest absolute Gasteiger partial charge is 0.329 e. The fourth-order valence-electron chi connectivity index (χ4n) is 1.67. The van der Waals surface area contributed by atoms with Crippen LogP contribution in [0.2, 0.25) is 0 Å². The van der Waals surface area contributed by atoms with Crippen LogP contribution in [0.5, 0.6) is 0 Å². The van der Waals surface area contributed by atoms with Crippen molar-refractivity contribution in [2.24, 2.45) is 5.92 Å². The molecule has 14 heavy (non-hydrogen) atoms. The standard InChI is InChI=1S/C10H10BrN3/c11-8-3-12-4-9-10(8)13-6-14(9)5-7-1-2-7/h3-4,6-7H,1-2,5H2. The van der Waals surface area contributed by atoms with Gasteiger partial charge in [-0.25, -0.2) is 4.98 Å². The van der Waals surface area contributed by atoms with Crippen molar-refractivity contribution in [2.75, 3.05) is 0 Å². The Hall–Kier alpha value is -0.900. The van der Waals surface area contributed by atoms with E-state index in [0.29, 0.717) is 0 Å². The number of fused-ring (bicyclic) bond motifs is 1. The van der Waals surface area contributed by atoms with E-state index in [9.17, 15) is 0 Å². The Morgan fingerprint density at radius 3 is 3.07 bits per heavy atom. The molecule has 1 fully saturated rings. The van der Waals surface area contributed by atoms with Crippen LogP contribution in [0.3, 0.4) is 0 Å². The summed E-state index contributed by atoms with van der Waals surface area (Å²) >= 11 is 3.45. The lowest BCUT2D eigenvalue weighted by Crippen LogP contribution is -1.97. The van der Waals surface area contributed by atoms with Gasteiger partial charge in [0, 0.05) is 12.7 Å². The van der Waals surface area contributed by atoms with E-state index in [4.69, 9.17) is 0 Å². The maximum Gasteiger partial charge on any atom is 0.106 e. The highest BCUT2D eigenvalue weighted by atomic mass is 79.9. The van der Waals surface area contributed by atoms with Crippen LogP contribution in [0.4, 0.5) is 0 Å². The van der Waals surface area contributed by atoms with E-state index in [1.54, 1.807) is 6.20 Å². The lowest BCUT2D eigenvalue weighted by atomic mass is 10.4. The highest BCUT2D eigenvalue weighted by molar-refractivity contribution is 9.10. The Bertz CT molecular complexity index is 473. The number of nitrogens with zero attached hydrogens (tertiary/aromatic N) is 3. The molecule has 0 spiro atoms. The summed E-state index contributed by atoms with van der Waals surface area (Å²) in [6, 6.07) is 0. The molecule has 0 atom stereocenters. The molecule has 1 saturated carbocycles. The van der Waals surface area contributed by atoms with E-state index in [1.807, 2.05) is 12.5 Å². The monoisotopic (exact) mass is 251 g/mol. The Morgan fingerprint density at radius 2 is 2.29 bits per heavy atom. The topological polar surface area (TPSA) is 30.7 Å². The van der Waals surface area contributed by atoms with E-state index in [-0.39, 0.29) is 0 Å². The number of halogens is 1. The summed E-state index contributed by atoms with van der Waals surface area (Å²) in [6.07, 6.45) is 8.31. The van der Waals surface area contributed by atoms with Crippen LogP contribution in [0.1, 0.15) is 12.8 Å². The number of pyridine rings is 1. The summed E-state index contributed by atoms with van der Waals surface area (Å²) in [5.41, 5.74) is 2.15. The van der Waals surface area contributed by atoms with Crippen LogP contribution in [0, 0.1) is 5.92 Å². The molecule has 2 aromatic rings. The average molecular weight is 252 g/mol. The predicted molar refractivity (Wildman–Crippen MR) is 58.0 cm³/mol. The van der Waals surface area contributed by atoms with Crippen molar-refractivity contribution in [3.63, 3.8) is 0 Å². The van der Waals surface area contributed by atoms with Crippen LogP contribution >= 0.6 is 15.9 Å². The molecular formula is C10H10BrN3. The van der Waals surface area contributed by atoms with Crippen molar-refractivity contribution in [3.8, 4) is 0 Å². The van der Waals surface area contributed by atoms with Crippen molar-refractivity contribution >= 4 is 27.0 Å². The van der Waals surface area contributed by atoms with E-state index in [2.05, 4.69) is 30.5 Å². The molecule has 0 unspecified atom stereocenters. The minimum atomic E-state index is 0.867. The Kier molecular flexibility index (Phi) is 1.83. The normalized spacial score (nSPS) is 16.4. The fourth-order valence-corrected chi connectivity index (χ4v) is 2.09. The first-order valence-corrected chi connectivity index (χ1v) is 5.58. The summed E-state index contributed by atoms with van der Waals surface area (Å²) in [4.78, 5) is 8.54. The van der Waals surface area contributed by atoms with Gasteiger partial charge in [-0.2, -0.15) is 0 Å². The third kappa shape index (κ3) is 1.34. The summed E-state index contributed by atoms with van der Waals surface area (Å²) in [7, 11) is 0. The molecule has 3 nitrogen and oxygen atoms in total. The molecule has 0 saturated heterocycles. The van der Waals surface area contributed by atoms with Gasteiger partial charge < -0.3 is 4.57 Å². The van der Waals surface area contributed by atoms with Gasteiger partial charge in [0.2, 0.25) is 0 Å². The third-order valence-corrected chi connectivity index (χ3v) is 3.22. The zero-order chi connectivity index (χ0) is 9.54. The lowest BCUT2D eigenvalue weighted by Gasteiger charge is -2.01. The zero-order valence-corrected chi connectivity index (χ0v) is 9.24. The molecule has 0 bridgehead atoms. The van der Waals surface area contributed by atoms with Gasteiger partial charge >= 0.3 is 0 Å². The number of aromatic nitrogens is 3. The summed E-state index contributed by atoms with van der Waals surface area (Å²) in [5, 5.41) is 0. The molecule has 3 rings (SSSR count). The first-order chi connectivity index (χ1) is 6.84. The second-order valence-electron chi connectivity index (χ2n) is 3.83. The number of imidazole rings is 1. The Morgan fingerprint density at radius 1 is 1.43 bits per heavy atom. The highest BCUT2D eigenvalue weighted by Crippen LogP contribution is 2.32. The van der Waals surface area contributed by atoms with Crippen LogP contribution in [-0.4, -0.2) is 14.5 Å². The molecule has 4 heteroatoms. The van der Waals surface area contributed by atoms with Gasteiger partial charge in [0.25, 0.3) is 0 Å². The van der Waals surface area contributed by atoms with Gasteiger partial charge in [0.15, 0.2) is 0 Å². The van der Waals surface area contributed by atoms with Crippen LogP contribution in [0.25, 0.3) is 11.0 Å². The Labute approximate surface area is 90.3 Å². The van der Waals surface area contributed by atoms with Gasteiger partial charge in [-0.15, -0.1) is 0 Å². The molecular weight excluding hydrogens is 242 g/mol. The van der Waals surface area contributed by atoms with Gasteiger partial charge in [-0.1, -0.05) is 0 Å². The van der Waals surface area contributed by atoms with Crippen LogP contribution < -0.4 is 0 Å². The van der Waals surface area contributed by atoms with Gasteiger partial charge in [-0.3, -0.25) is 4.98 Å². The molecule has 0 aliphatic heterocycles. The van der Waals surface area contributed by atoms with Crippen molar-refractivity contribution in [3.05, 3.63) is 23.2 Å². The smallest absolute Gasteiger partial charge is 0.106 e. The summed E-state index contributed by atoms with van der Waals surface area (Å²) in [6.45, 7) is 1.09. The number of hydrogen-bond donors (Lipinski definition) is 0. The quantitative estimate of drug-likeness (QED) is 0.822. The molecule has 0 amide bonds. The fraction of sp³-hybridized carbons (Fsp3) is 0.400. The maximum atomic E-state index is 4.38. The Balaban J connectivity index is 2.10. The minimum Gasteiger partial charge on any atom is -0.329 e. The van der Waals surface area contributed by atoms with E-state index in [0.717, 1.165) is 28.0 Å². The maximum absolute atomic E-state index is 4.38. The predicted octanol–water partition coefficient (Wildman–Crippen LogP) is 2.60. The third-order valence-electron chi connectivity index (χ3n) is 2.64. The molecule has 0 radical (unpaired) electrons. The highest BCUT2D eigenvalue weighted by Gasteiger charge is 2.22. The van der Waals surface area contributed by atoms with E-state index >= 15 is 0 Å². The molecule has 1 aliphatic carbocycles. The van der Waals surface area contributed by atoms with Crippen LogP contribution in [0.15, 0.2) is 23.2 Å². The van der Waals surface area contributed by atoms with Gasteiger partial charge in [0.1, 0.15) is 5.52 Å². The number of rotatable bonds is 2. The van der Waals surface area contributed by atoms with Gasteiger partial charge in [-0.05, 0) is 34.7 Å². The number of hydrogen-bond acceptors (Lipinski definition) is 2. The minimum absolute atomic E-state index is 0.867. The first-order valence-electron chi connectivity index (χ1n) is 4.79. The summed E-state index contributed by atoms with van der Waals surface area (Å²) < 4.78 is 3.18.